The Labute approximate surface area is 156 Å². The highest BCUT2D eigenvalue weighted by molar-refractivity contribution is 7.17. The van der Waals surface area contributed by atoms with Gasteiger partial charge in [0.05, 0.1) is 0 Å². The number of amides is 1. The van der Waals surface area contributed by atoms with Crippen LogP contribution in [-0.4, -0.2) is 10.9 Å². The van der Waals surface area contributed by atoms with Crippen LogP contribution in [0.15, 0.2) is 54.6 Å². The molecule has 0 fully saturated rings. The van der Waals surface area contributed by atoms with E-state index >= 15 is 0 Å². The Bertz CT molecular complexity index is 926. The molecule has 1 amide bonds. The topological polar surface area (TPSA) is 42.0 Å². The van der Waals surface area contributed by atoms with E-state index in [1.54, 1.807) is 54.6 Å². The highest BCUT2D eigenvalue weighted by atomic mass is 35.5. The van der Waals surface area contributed by atoms with Crippen LogP contribution < -0.4 is 5.32 Å². The molecular weight excluding hydrogens is 385 g/mol. The number of rotatable bonds is 4. The molecule has 3 aromatic rings. The zero-order chi connectivity index (χ0) is 18.7. The van der Waals surface area contributed by atoms with Crippen LogP contribution in [0.4, 0.5) is 13.2 Å². The molecule has 1 aromatic heterocycles. The summed E-state index contributed by atoms with van der Waals surface area (Å²) in [6.07, 6.45) is -4.72. The van der Waals surface area contributed by atoms with Crippen molar-refractivity contribution in [3.8, 4) is 10.6 Å². The van der Waals surface area contributed by atoms with E-state index in [1.807, 2.05) is 0 Å². The molecule has 0 saturated heterocycles. The van der Waals surface area contributed by atoms with Crippen molar-refractivity contribution in [2.75, 3.05) is 0 Å². The average molecular weight is 397 g/mol. The van der Waals surface area contributed by atoms with E-state index < -0.39 is 22.7 Å². The normalized spacial score (nSPS) is 11.4. The molecule has 1 heterocycles. The Hall–Kier alpha value is -2.38. The third-order valence-corrected chi connectivity index (χ3v) is 4.99. The molecule has 0 aliphatic carbocycles. The molecule has 1 N–H and O–H groups in total. The largest absolute Gasteiger partial charge is 0.435 e. The van der Waals surface area contributed by atoms with Gasteiger partial charge >= 0.3 is 6.18 Å². The van der Waals surface area contributed by atoms with Gasteiger partial charge in [-0.2, -0.15) is 13.2 Å². The van der Waals surface area contributed by atoms with Crippen molar-refractivity contribution in [2.24, 2.45) is 0 Å². The number of carbonyl (C=O) groups is 1. The maximum Gasteiger partial charge on any atom is 0.435 e. The molecule has 0 aliphatic heterocycles. The third kappa shape index (κ3) is 4.05. The van der Waals surface area contributed by atoms with Gasteiger partial charge in [0, 0.05) is 17.1 Å². The number of thiazole rings is 1. The van der Waals surface area contributed by atoms with Crippen molar-refractivity contribution >= 4 is 28.8 Å². The molecule has 0 aliphatic rings. The van der Waals surface area contributed by atoms with E-state index in [9.17, 15) is 18.0 Å². The summed E-state index contributed by atoms with van der Waals surface area (Å²) in [5.41, 5.74) is -0.0463. The van der Waals surface area contributed by atoms with Gasteiger partial charge in [-0.05, 0) is 11.6 Å². The van der Waals surface area contributed by atoms with Gasteiger partial charge < -0.3 is 5.32 Å². The molecule has 26 heavy (non-hydrogen) atoms. The van der Waals surface area contributed by atoms with Gasteiger partial charge in [-0.15, -0.1) is 11.3 Å². The SMILES string of the molecule is O=C(NCc1ccccc1Cl)c1sc(-c2ccccc2)nc1C(F)(F)F. The van der Waals surface area contributed by atoms with E-state index in [1.165, 1.54) is 0 Å². The minimum Gasteiger partial charge on any atom is -0.347 e. The van der Waals surface area contributed by atoms with E-state index in [0.29, 0.717) is 27.5 Å². The van der Waals surface area contributed by atoms with Crippen LogP contribution in [0.5, 0.6) is 0 Å². The molecular formula is C18H12ClF3N2OS. The lowest BCUT2D eigenvalue weighted by molar-refractivity contribution is -0.141. The van der Waals surface area contributed by atoms with Crippen molar-refractivity contribution in [2.45, 2.75) is 12.7 Å². The number of alkyl halides is 3. The Morgan fingerprint density at radius 2 is 1.73 bits per heavy atom. The molecule has 8 heteroatoms. The van der Waals surface area contributed by atoms with Crippen LogP contribution in [0.1, 0.15) is 20.9 Å². The summed E-state index contributed by atoms with van der Waals surface area (Å²) in [5, 5.41) is 3.05. The first kappa shape index (κ1) is 18.4. The smallest absolute Gasteiger partial charge is 0.347 e. The summed E-state index contributed by atoms with van der Waals surface area (Å²) >= 11 is 6.71. The van der Waals surface area contributed by atoms with Crippen molar-refractivity contribution in [3.63, 3.8) is 0 Å². The summed E-state index contributed by atoms with van der Waals surface area (Å²) < 4.78 is 39.9. The van der Waals surface area contributed by atoms with Gasteiger partial charge in [0.15, 0.2) is 5.69 Å². The number of halogens is 4. The molecule has 0 spiro atoms. The van der Waals surface area contributed by atoms with E-state index in [0.717, 1.165) is 0 Å². The van der Waals surface area contributed by atoms with Crippen molar-refractivity contribution in [1.82, 2.24) is 10.3 Å². The molecule has 3 nitrogen and oxygen atoms in total. The maximum absolute atomic E-state index is 13.3. The Kier molecular flexibility index (Phi) is 5.29. The number of nitrogens with one attached hydrogen (secondary N) is 1. The predicted molar refractivity (Wildman–Crippen MR) is 95.2 cm³/mol. The standard InChI is InChI=1S/C18H12ClF3N2OS/c19-13-9-5-4-8-12(13)10-23-16(25)14-15(18(20,21)22)24-17(26-14)11-6-2-1-3-7-11/h1-9H,10H2,(H,23,25). The first-order valence-corrected chi connectivity index (χ1v) is 8.71. The van der Waals surface area contributed by atoms with Crippen molar-refractivity contribution < 1.29 is 18.0 Å². The van der Waals surface area contributed by atoms with Gasteiger partial charge in [-0.25, -0.2) is 4.98 Å². The number of aromatic nitrogens is 1. The predicted octanol–water partition coefficient (Wildman–Crippen LogP) is 5.41. The first-order valence-electron chi connectivity index (χ1n) is 7.51. The van der Waals surface area contributed by atoms with Gasteiger partial charge in [0.2, 0.25) is 0 Å². The number of nitrogens with zero attached hydrogens (tertiary/aromatic N) is 1. The molecule has 0 radical (unpaired) electrons. The Morgan fingerprint density at radius 1 is 1.08 bits per heavy atom. The summed E-state index contributed by atoms with van der Waals surface area (Å²) in [5.74, 6) is -0.836. The van der Waals surface area contributed by atoms with Crippen LogP contribution in [0.25, 0.3) is 10.6 Å². The second-order valence-electron chi connectivity index (χ2n) is 5.33. The number of hydrogen-bond donors (Lipinski definition) is 1. The van der Waals surface area contributed by atoms with E-state index in [2.05, 4.69) is 10.3 Å². The lowest BCUT2D eigenvalue weighted by Gasteiger charge is -2.08. The van der Waals surface area contributed by atoms with Gasteiger partial charge in [-0.3, -0.25) is 4.79 Å². The molecule has 0 saturated carbocycles. The molecule has 2 aromatic carbocycles. The van der Waals surface area contributed by atoms with Gasteiger partial charge in [-0.1, -0.05) is 60.1 Å². The molecule has 134 valence electrons. The third-order valence-electron chi connectivity index (χ3n) is 3.52. The van der Waals surface area contributed by atoms with Crippen LogP contribution in [0, 0.1) is 0 Å². The number of benzene rings is 2. The van der Waals surface area contributed by atoms with Gasteiger partial charge in [0.25, 0.3) is 5.91 Å². The highest BCUT2D eigenvalue weighted by Crippen LogP contribution is 2.37. The molecule has 3 rings (SSSR count). The van der Waals surface area contributed by atoms with Crippen molar-refractivity contribution in [3.05, 3.63) is 75.8 Å². The fourth-order valence-corrected chi connectivity index (χ4v) is 3.48. The highest BCUT2D eigenvalue weighted by Gasteiger charge is 2.39. The summed E-state index contributed by atoms with van der Waals surface area (Å²) in [6.45, 7) is 0.0222. The first-order chi connectivity index (χ1) is 12.4. The Morgan fingerprint density at radius 3 is 2.38 bits per heavy atom. The average Bonchev–Trinajstić information content (AvgIpc) is 3.07. The van der Waals surface area contributed by atoms with Crippen LogP contribution >= 0.6 is 22.9 Å². The summed E-state index contributed by atoms with van der Waals surface area (Å²) in [4.78, 5) is 15.5. The lowest BCUT2D eigenvalue weighted by atomic mass is 10.2. The molecule has 0 atom stereocenters. The van der Waals surface area contributed by atoms with Crippen LogP contribution in [0.3, 0.4) is 0 Å². The van der Waals surface area contributed by atoms with Crippen LogP contribution in [0.2, 0.25) is 5.02 Å². The molecule has 0 bridgehead atoms. The minimum atomic E-state index is -4.72. The Balaban J connectivity index is 1.89. The second-order valence-corrected chi connectivity index (χ2v) is 6.74. The number of hydrogen-bond acceptors (Lipinski definition) is 3. The monoisotopic (exact) mass is 396 g/mol. The van der Waals surface area contributed by atoms with Crippen LogP contribution in [-0.2, 0) is 12.7 Å². The minimum absolute atomic E-state index is 0.0222. The van der Waals surface area contributed by atoms with E-state index in [4.69, 9.17) is 11.6 Å². The number of carbonyl (C=O) groups excluding carboxylic acids is 1. The fourth-order valence-electron chi connectivity index (χ4n) is 2.27. The second kappa shape index (κ2) is 7.47. The van der Waals surface area contributed by atoms with E-state index in [-0.39, 0.29) is 11.6 Å². The molecule has 0 unspecified atom stereocenters. The fraction of sp³-hybridized carbons (Fsp3) is 0.111. The van der Waals surface area contributed by atoms with Crippen molar-refractivity contribution in [1.29, 1.82) is 0 Å². The van der Waals surface area contributed by atoms with Gasteiger partial charge in [0.1, 0.15) is 9.88 Å². The maximum atomic E-state index is 13.3. The quantitative estimate of drug-likeness (QED) is 0.640. The zero-order valence-corrected chi connectivity index (χ0v) is 14.8. The lowest BCUT2D eigenvalue weighted by Crippen LogP contribution is -2.24. The zero-order valence-electron chi connectivity index (χ0n) is 13.2. The summed E-state index contributed by atoms with van der Waals surface area (Å²) in [7, 11) is 0. The summed E-state index contributed by atoms with van der Waals surface area (Å²) in [6, 6.07) is 15.2.